The van der Waals surface area contributed by atoms with E-state index in [0.29, 0.717) is 5.23 Å². The molecule has 2 N–H and O–H groups in total. The Labute approximate surface area is 81.3 Å². The van der Waals surface area contributed by atoms with Gasteiger partial charge in [-0.05, 0) is 13.3 Å². The van der Waals surface area contributed by atoms with Gasteiger partial charge in [0.25, 0.3) is 0 Å². The number of nitrogens with zero attached hydrogens (tertiary/aromatic N) is 1. The number of unbranched alkanes of at least 4 members (excludes halogenated alkanes) is 5. The van der Waals surface area contributed by atoms with Crippen molar-refractivity contribution in [2.45, 2.75) is 64.8 Å². The summed E-state index contributed by atoms with van der Waals surface area (Å²) in [7, 11) is 0. The number of hydrogen-bond acceptors (Lipinski definition) is 3. The third kappa shape index (κ3) is 8.22. The van der Waals surface area contributed by atoms with Crippen molar-refractivity contribution < 1.29 is 10.4 Å². The van der Waals surface area contributed by atoms with Crippen molar-refractivity contribution in [1.29, 1.82) is 0 Å². The molecule has 0 aromatic heterocycles. The van der Waals surface area contributed by atoms with Crippen LogP contribution in [0, 0.1) is 0 Å². The molecule has 3 heteroatoms. The largest absolute Gasteiger partial charge is 0.289 e. The van der Waals surface area contributed by atoms with E-state index in [4.69, 9.17) is 10.4 Å². The van der Waals surface area contributed by atoms with Crippen LogP contribution < -0.4 is 0 Å². The lowest BCUT2D eigenvalue weighted by Crippen LogP contribution is -2.25. The molecule has 1 atom stereocenters. The lowest BCUT2D eigenvalue weighted by molar-refractivity contribution is -0.329. The molecule has 0 saturated heterocycles. The Bertz CT molecular complexity index is 107. The molecule has 0 spiro atoms. The summed E-state index contributed by atoms with van der Waals surface area (Å²) in [6.45, 7) is 4.02. The van der Waals surface area contributed by atoms with Gasteiger partial charge in [0.15, 0.2) is 0 Å². The highest BCUT2D eigenvalue weighted by atomic mass is 16.8. The molecule has 0 saturated carbocycles. The Kier molecular flexibility index (Phi) is 8.40. The SMILES string of the molecule is CCCCCCCCC(C)N(O)O. The molecule has 0 aromatic rings. The van der Waals surface area contributed by atoms with Crippen LogP contribution in [-0.2, 0) is 0 Å². The molecular formula is C10H23NO2. The van der Waals surface area contributed by atoms with E-state index in [1.165, 1.54) is 32.1 Å². The van der Waals surface area contributed by atoms with Crippen LogP contribution in [0.2, 0.25) is 0 Å². The summed E-state index contributed by atoms with van der Waals surface area (Å²) in [5, 5.41) is 17.6. The smallest absolute Gasteiger partial charge is 0.0595 e. The zero-order valence-electron chi connectivity index (χ0n) is 8.87. The van der Waals surface area contributed by atoms with E-state index in [1.807, 2.05) is 6.92 Å². The molecule has 0 radical (unpaired) electrons. The molecule has 0 rings (SSSR count). The van der Waals surface area contributed by atoms with Gasteiger partial charge in [-0.15, -0.1) is 0 Å². The highest BCUT2D eigenvalue weighted by Gasteiger charge is 2.06. The zero-order valence-corrected chi connectivity index (χ0v) is 8.87. The molecule has 0 fully saturated rings. The standard InChI is InChI=1S/C10H23NO2/c1-3-4-5-6-7-8-9-10(2)11(12)13/h10,12-13H,3-9H2,1-2H3. The zero-order chi connectivity index (χ0) is 10.1. The van der Waals surface area contributed by atoms with Gasteiger partial charge in [0, 0.05) is 0 Å². The van der Waals surface area contributed by atoms with Crippen LogP contribution in [0.3, 0.4) is 0 Å². The predicted molar refractivity (Wildman–Crippen MR) is 52.9 cm³/mol. The van der Waals surface area contributed by atoms with Gasteiger partial charge in [0.1, 0.15) is 0 Å². The molecule has 0 heterocycles. The van der Waals surface area contributed by atoms with Gasteiger partial charge in [-0.2, -0.15) is 0 Å². The minimum absolute atomic E-state index is 0.133. The Morgan fingerprint density at radius 3 is 2.08 bits per heavy atom. The van der Waals surface area contributed by atoms with Crippen molar-refractivity contribution in [3.63, 3.8) is 0 Å². The highest BCUT2D eigenvalue weighted by molar-refractivity contribution is 4.53. The van der Waals surface area contributed by atoms with Crippen LogP contribution in [0.5, 0.6) is 0 Å². The fourth-order valence-corrected chi connectivity index (χ4v) is 1.34. The molecule has 80 valence electrons. The first-order valence-corrected chi connectivity index (χ1v) is 5.35. The van der Waals surface area contributed by atoms with Gasteiger partial charge in [0.2, 0.25) is 0 Å². The average Bonchev–Trinajstić information content (AvgIpc) is 2.10. The molecule has 0 amide bonds. The maximum atomic E-state index is 8.65. The first-order valence-electron chi connectivity index (χ1n) is 5.35. The van der Waals surface area contributed by atoms with Crippen LogP contribution in [0.15, 0.2) is 0 Å². The lowest BCUT2D eigenvalue weighted by atomic mass is 10.1. The predicted octanol–water partition coefficient (Wildman–Crippen LogP) is 3.21. The summed E-state index contributed by atoms with van der Waals surface area (Å²) >= 11 is 0. The van der Waals surface area contributed by atoms with Crippen molar-refractivity contribution in [2.75, 3.05) is 0 Å². The fraction of sp³-hybridized carbons (Fsp3) is 1.00. The van der Waals surface area contributed by atoms with Crippen LogP contribution in [0.1, 0.15) is 58.8 Å². The minimum Gasteiger partial charge on any atom is -0.289 e. The molecule has 0 aliphatic heterocycles. The Morgan fingerprint density at radius 1 is 1.00 bits per heavy atom. The average molecular weight is 189 g/mol. The number of rotatable bonds is 8. The van der Waals surface area contributed by atoms with E-state index in [1.54, 1.807) is 0 Å². The van der Waals surface area contributed by atoms with Gasteiger partial charge in [0.05, 0.1) is 6.04 Å². The third-order valence-corrected chi connectivity index (χ3v) is 2.37. The second-order valence-electron chi connectivity index (χ2n) is 3.73. The van der Waals surface area contributed by atoms with E-state index in [2.05, 4.69) is 6.92 Å². The van der Waals surface area contributed by atoms with Crippen molar-refractivity contribution in [3.8, 4) is 0 Å². The Morgan fingerprint density at radius 2 is 1.54 bits per heavy atom. The van der Waals surface area contributed by atoms with Gasteiger partial charge in [-0.25, -0.2) is 0 Å². The van der Waals surface area contributed by atoms with Gasteiger partial charge < -0.3 is 0 Å². The van der Waals surface area contributed by atoms with Gasteiger partial charge in [-0.1, -0.05) is 50.7 Å². The minimum atomic E-state index is -0.133. The van der Waals surface area contributed by atoms with Crippen LogP contribution in [-0.4, -0.2) is 21.7 Å². The molecule has 0 aliphatic carbocycles. The molecule has 1 unspecified atom stereocenters. The van der Waals surface area contributed by atoms with Crippen LogP contribution in [0.4, 0.5) is 0 Å². The van der Waals surface area contributed by atoms with Gasteiger partial charge >= 0.3 is 0 Å². The summed E-state index contributed by atoms with van der Waals surface area (Å²) in [6.07, 6.45) is 8.34. The molecule has 0 aliphatic rings. The highest BCUT2D eigenvalue weighted by Crippen LogP contribution is 2.09. The van der Waals surface area contributed by atoms with E-state index in [-0.39, 0.29) is 6.04 Å². The summed E-state index contributed by atoms with van der Waals surface area (Å²) in [5.74, 6) is 0. The third-order valence-electron chi connectivity index (χ3n) is 2.37. The van der Waals surface area contributed by atoms with Crippen molar-refractivity contribution in [2.24, 2.45) is 0 Å². The molecule has 13 heavy (non-hydrogen) atoms. The number of hydrogen-bond donors (Lipinski definition) is 2. The van der Waals surface area contributed by atoms with E-state index >= 15 is 0 Å². The second kappa shape index (κ2) is 8.48. The van der Waals surface area contributed by atoms with Crippen molar-refractivity contribution in [3.05, 3.63) is 0 Å². The van der Waals surface area contributed by atoms with Crippen molar-refractivity contribution in [1.82, 2.24) is 5.23 Å². The molecular weight excluding hydrogens is 166 g/mol. The Hall–Kier alpha value is -0.120. The topological polar surface area (TPSA) is 43.7 Å². The molecule has 0 bridgehead atoms. The summed E-state index contributed by atoms with van der Waals surface area (Å²) in [5.41, 5.74) is 0. The van der Waals surface area contributed by atoms with Crippen LogP contribution in [0.25, 0.3) is 0 Å². The Balaban J connectivity index is 3.07. The van der Waals surface area contributed by atoms with Crippen molar-refractivity contribution >= 4 is 0 Å². The fourth-order valence-electron chi connectivity index (χ4n) is 1.34. The quantitative estimate of drug-likeness (QED) is 0.455. The summed E-state index contributed by atoms with van der Waals surface area (Å²) in [6, 6.07) is -0.133. The molecule has 0 aromatic carbocycles. The second-order valence-corrected chi connectivity index (χ2v) is 3.73. The normalized spacial score (nSPS) is 13.6. The van der Waals surface area contributed by atoms with Crippen LogP contribution >= 0.6 is 0 Å². The summed E-state index contributed by atoms with van der Waals surface area (Å²) < 4.78 is 0. The van der Waals surface area contributed by atoms with E-state index in [9.17, 15) is 0 Å². The number of hydroxylamine groups is 2. The summed E-state index contributed by atoms with van der Waals surface area (Å²) in [4.78, 5) is 0. The first kappa shape index (κ1) is 12.9. The van der Waals surface area contributed by atoms with Gasteiger partial charge in [-0.3, -0.25) is 10.4 Å². The first-order chi connectivity index (χ1) is 6.18. The maximum Gasteiger partial charge on any atom is 0.0595 e. The van der Waals surface area contributed by atoms with E-state index in [0.717, 1.165) is 12.8 Å². The lowest BCUT2D eigenvalue weighted by Gasteiger charge is -2.14. The maximum absolute atomic E-state index is 8.65. The molecule has 3 nitrogen and oxygen atoms in total. The monoisotopic (exact) mass is 189 g/mol. The van der Waals surface area contributed by atoms with E-state index < -0.39 is 0 Å².